The molecular formula is C18H23N3O4. The zero-order chi connectivity index (χ0) is 17.6. The number of benzene rings is 1. The van der Waals surface area contributed by atoms with Crippen LogP contribution in [0.4, 0.5) is 4.79 Å². The Balaban J connectivity index is 1.37. The van der Waals surface area contributed by atoms with Crippen molar-refractivity contribution in [3.8, 4) is 11.5 Å². The molecule has 1 aromatic rings. The number of likely N-dealkylation sites (N-methyl/N-ethyl adjacent to an activating group) is 2. The lowest BCUT2D eigenvalue weighted by atomic mass is 9.86. The van der Waals surface area contributed by atoms with Crippen LogP contribution < -0.4 is 9.47 Å². The third kappa shape index (κ3) is 2.54. The van der Waals surface area contributed by atoms with Crippen molar-refractivity contribution in [2.75, 3.05) is 40.3 Å². The van der Waals surface area contributed by atoms with E-state index in [0.717, 1.165) is 31.1 Å². The van der Waals surface area contributed by atoms with Gasteiger partial charge < -0.3 is 14.4 Å². The lowest BCUT2D eigenvalue weighted by Gasteiger charge is -2.42. The number of amides is 3. The first-order valence-corrected chi connectivity index (χ1v) is 8.68. The normalized spacial score (nSPS) is 25.8. The predicted molar refractivity (Wildman–Crippen MR) is 90.7 cm³/mol. The molecule has 0 radical (unpaired) electrons. The van der Waals surface area contributed by atoms with Crippen molar-refractivity contribution in [2.45, 2.75) is 24.5 Å². The van der Waals surface area contributed by atoms with Crippen LogP contribution >= 0.6 is 0 Å². The topological polar surface area (TPSA) is 62.3 Å². The van der Waals surface area contributed by atoms with Gasteiger partial charge in [0, 0.05) is 33.7 Å². The highest BCUT2D eigenvalue weighted by Gasteiger charge is 2.55. The molecule has 0 bridgehead atoms. The summed E-state index contributed by atoms with van der Waals surface area (Å²) >= 11 is 0. The minimum absolute atomic E-state index is 0.0229. The Labute approximate surface area is 147 Å². The van der Waals surface area contributed by atoms with E-state index >= 15 is 0 Å². The van der Waals surface area contributed by atoms with Gasteiger partial charge in [-0.25, -0.2) is 4.79 Å². The average molecular weight is 345 g/mol. The summed E-state index contributed by atoms with van der Waals surface area (Å²) in [5.74, 6) is 1.49. The van der Waals surface area contributed by atoms with Crippen molar-refractivity contribution in [2.24, 2.45) is 0 Å². The van der Waals surface area contributed by atoms with E-state index in [0.29, 0.717) is 19.4 Å². The van der Waals surface area contributed by atoms with E-state index in [1.54, 1.807) is 19.0 Å². The number of hydrogen-bond acceptors (Lipinski definition) is 5. The van der Waals surface area contributed by atoms with Crippen molar-refractivity contribution in [3.63, 3.8) is 0 Å². The van der Waals surface area contributed by atoms with E-state index in [9.17, 15) is 9.59 Å². The number of urea groups is 1. The largest absolute Gasteiger partial charge is 0.486 e. The molecule has 2 fully saturated rings. The molecule has 7 heteroatoms. The fraction of sp³-hybridized carbons (Fsp3) is 0.556. The maximum atomic E-state index is 12.5. The Morgan fingerprint density at radius 2 is 1.80 bits per heavy atom. The van der Waals surface area contributed by atoms with Gasteiger partial charge in [-0.1, -0.05) is 12.1 Å². The van der Waals surface area contributed by atoms with Crippen molar-refractivity contribution in [3.05, 3.63) is 24.3 Å². The Morgan fingerprint density at radius 1 is 1.12 bits per heavy atom. The zero-order valence-electron chi connectivity index (χ0n) is 14.6. The highest BCUT2D eigenvalue weighted by molar-refractivity contribution is 6.06. The fourth-order valence-corrected chi connectivity index (χ4v) is 4.05. The van der Waals surface area contributed by atoms with E-state index < -0.39 is 5.54 Å². The summed E-state index contributed by atoms with van der Waals surface area (Å²) in [5.41, 5.74) is -0.668. The van der Waals surface area contributed by atoms with Crippen LogP contribution in [0.3, 0.4) is 0 Å². The number of para-hydroxylation sites is 2. The van der Waals surface area contributed by atoms with Gasteiger partial charge in [0.05, 0.1) is 0 Å². The maximum absolute atomic E-state index is 12.5. The van der Waals surface area contributed by atoms with E-state index in [-0.39, 0.29) is 18.0 Å². The second kappa shape index (κ2) is 5.91. The molecule has 1 aromatic carbocycles. The van der Waals surface area contributed by atoms with Crippen LogP contribution in [0, 0.1) is 0 Å². The van der Waals surface area contributed by atoms with Gasteiger partial charge >= 0.3 is 6.03 Å². The van der Waals surface area contributed by atoms with Crippen molar-refractivity contribution >= 4 is 11.9 Å². The summed E-state index contributed by atoms with van der Waals surface area (Å²) in [4.78, 5) is 29.8. The van der Waals surface area contributed by atoms with Gasteiger partial charge in [-0.15, -0.1) is 0 Å². The van der Waals surface area contributed by atoms with Crippen LogP contribution in [0.1, 0.15) is 12.8 Å². The first kappa shape index (κ1) is 16.2. The molecule has 4 rings (SSSR count). The minimum Gasteiger partial charge on any atom is -0.486 e. The molecule has 3 amide bonds. The summed E-state index contributed by atoms with van der Waals surface area (Å²) in [6.07, 6.45) is 1.29. The standard InChI is InChI=1S/C18H23N3O4/c1-19-16(22)18(20(2)17(19)23)7-9-21(10-8-18)11-13-12-24-14-5-3-4-6-15(14)25-13/h3-6,13H,7-12H2,1-2H3. The van der Waals surface area contributed by atoms with Gasteiger partial charge in [-0.05, 0) is 25.0 Å². The van der Waals surface area contributed by atoms with Crippen molar-refractivity contribution < 1.29 is 19.1 Å². The molecular weight excluding hydrogens is 322 g/mol. The fourth-order valence-electron chi connectivity index (χ4n) is 4.05. The van der Waals surface area contributed by atoms with E-state index in [4.69, 9.17) is 9.47 Å². The highest BCUT2D eigenvalue weighted by Crippen LogP contribution is 2.36. The SMILES string of the molecule is CN1C(=O)N(C)C2(CCN(CC3COc4ccccc4O3)CC2)C1=O. The van der Waals surface area contributed by atoms with Gasteiger partial charge in [0.2, 0.25) is 0 Å². The zero-order valence-corrected chi connectivity index (χ0v) is 14.6. The minimum atomic E-state index is -0.668. The Kier molecular flexibility index (Phi) is 3.83. The molecule has 0 saturated carbocycles. The van der Waals surface area contributed by atoms with Crippen LogP contribution in [0.2, 0.25) is 0 Å². The van der Waals surface area contributed by atoms with E-state index in [2.05, 4.69) is 4.90 Å². The summed E-state index contributed by atoms with van der Waals surface area (Å²) in [6, 6.07) is 7.48. The van der Waals surface area contributed by atoms with E-state index in [1.807, 2.05) is 24.3 Å². The molecule has 0 N–H and O–H groups in total. The molecule has 3 heterocycles. The molecule has 1 unspecified atom stereocenters. The summed E-state index contributed by atoms with van der Waals surface area (Å²) in [7, 11) is 3.29. The highest BCUT2D eigenvalue weighted by atomic mass is 16.6. The van der Waals surface area contributed by atoms with Gasteiger partial charge in [-0.3, -0.25) is 14.6 Å². The van der Waals surface area contributed by atoms with Crippen LogP contribution in [0.15, 0.2) is 24.3 Å². The molecule has 0 aliphatic carbocycles. The third-order valence-corrected chi connectivity index (χ3v) is 5.63. The first-order chi connectivity index (χ1) is 12.0. The summed E-state index contributed by atoms with van der Waals surface area (Å²) in [5, 5.41) is 0. The van der Waals surface area contributed by atoms with Gasteiger partial charge in [0.15, 0.2) is 11.5 Å². The van der Waals surface area contributed by atoms with Crippen LogP contribution in [-0.4, -0.2) is 78.6 Å². The number of fused-ring (bicyclic) bond motifs is 1. The molecule has 7 nitrogen and oxygen atoms in total. The van der Waals surface area contributed by atoms with Crippen LogP contribution in [0.25, 0.3) is 0 Å². The average Bonchev–Trinajstić information content (AvgIpc) is 2.80. The number of imide groups is 1. The number of hydrogen-bond donors (Lipinski definition) is 0. The predicted octanol–water partition coefficient (Wildman–Crippen LogP) is 1.18. The van der Waals surface area contributed by atoms with E-state index in [1.165, 1.54) is 4.90 Å². The number of rotatable bonds is 2. The Hall–Kier alpha value is -2.28. The number of ether oxygens (including phenoxy) is 2. The molecule has 2 saturated heterocycles. The molecule has 3 aliphatic heterocycles. The van der Waals surface area contributed by atoms with Gasteiger partial charge in [0.25, 0.3) is 5.91 Å². The molecule has 1 atom stereocenters. The van der Waals surface area contributed by atoms with Gasteiger partial charge in [0.1, 0.15) is 18.2 Å². The molecule has 0 aromatic heterocycles. The molecule has 25 heavy (non-hydrogen) atoms. The molecule has 134 valence electrons. The monoisotopic (exact) mass is 345 g/mol. The quantitative estimate of drug-likeness (QED) is 0.754. The van der Waals surface area contributed by atoms with Crippen LogP contribution in [0.5, 0.6) is 11.5 Å². The first-order valence-electron chi connectivity index (χ1n) is 8.68. The summed E-state index contributed by atoms with van der Waals surface area (Å²) < 4.78 is 11.8. The maximum Gasteiger partial charge on any atom is 0.327 e. The van der Waals surface area contributed by atoms with Gasteiger partial charge in [-0.2, -0.15) is 0 Å². The molecule has 1 spiro atoms. The third-order valence-electron chi connectivity index (χ3n) is 5.63. The lowest BCUT2D eigenvalue weighted by Crippen LogP contribution is -2.56. The van der Waals surface area contributed by atoms with Crippen molar-refractivity contribution in [1.29, 1.82) is 0 Å². The Morgan fingerprint density at radius 3 is 2.44 bits per heavy atom. The number of carbonyl (C=O) groups is 2. The number of likely N-dealkylation sites (tertiary alicyclic amines) is 1. The number of piperidine rings is 1. The second-order valence-electron chi connectivity index (χ2n) is 7.04. The van der Waals surface area contributed by atoms with Crippen LogP contribution in [-0.2, 0) is 4.79 Å². The van der Waals surface area contributed by atoms with Crippen molar-refractivity contribution in [1.82, 2.24) is 14.7 Å². The number of nitrogens with zero attached hydrogens (tertiary/aromatic N) is 3. The lowest BCUT2D eigenvalue weighted by molar-refractivity contribution is -0.134. The smallest absolute Gasteiger partial charge is 0.327 e. The second-order valence-corrected chi connectivity index (χ2v) is 7.04. The molecule has 3 aliphatic rings. The number of carbonyl (C=O) groups excluding carboxylic acids is 2. The Bertz CT molecular complexity index is 699. The summed E-state index contributed by atoms with van der Waals surface area (Å²) in [6.45, 7) is 2.81.